The van der Waals surface area contributed by atoms with Gasteiger partial charge in [0.2, 0.25) is 0 Å². The molecule has 2 amide bonds. The second-order valence-corrected chi connectivity index (χ2v) is 5.66. The van der Waals surface area contributed by atoms with Crippen LogP contribution in [0.3, 0.4) is 0 Å². The van der Waals surface area contributed by atoms with Crippen LogP contribution < -0.4 is 5.32 Å². The first kappa shape index (κ1) is 13.7. The van der Waals surface area contributed by atoms with E-state index in [2.05, 4.69) is 5.32 Å². The molecule has 6 nitrogen and oxygen atoms in total. The van der Waals surface area contributed by atoms with Crippen molar-refractivity contribution in [3.8, 4) is 0 Å². The molecule has 2 aliphatic rings. The number of amides is 2. The van der Waals surface area contributed by atoms with Crippen LogP contribution >= 0.6 is 0 Å². The Morgan fingerprint density at radius 2 is 2.16 bits per heavy atom. The van der Waals surface area contributed by atoms with Gasteiger partial charge >= 0.3 is 6.09 Å². The molecule has 6 heteroatoms. The fourth-order valence-corrected chi connectivity index (χ4v) is 2.03. The van der Waals surface area contributed by atoms with Gasteiger partial charge in [0.05, 0.1) is 18.7 Å². The van der Waals surface area contributed by atoms with Gasteiger partial charge in [-0.25, -0.2) is 4.79 Å². The topological polar surface area (TPSA) is 67.9 Å². The van der Waals surface area contributed by atoms with Crippen molar-refractivity contribution in [2.45, 2.75) is 32.8 Å². The maximum atomic E-state index is 12.0. The summed E-state index contributed by atoms with van der Waals surface area (Å²) in [6.45, 7) is 7.20. The number of rotatable bonds is 0. The van der Waals surface area contributed by atoms with Gasteiger partial charge in [-0.05, 0) is 27.2 Å². The molecule has 19 heavy (non-hydrogen) atoms. The van der Waals surface area contributed by atoms with Gasteiger partial charge in [-0.15, -0.1) is 0 Å². The van der Waals surface area contributed by atoms with Gasteiger partial charge in [0.25, 0.3) is 5.91 Å². The van der Waals surface area contributed by atoms with E-state index in [0.29, 0.717) is 44.0 Å². The summed E-state index contributed by atoms with van der Waals surface area (Å²) in [6, 6.07) is 0. The zero-order valence-corrected chi connectivity index (χ0v) is 11.6. The van der Waals surface area contributed by atoms with Crippen molar-refractivity contribution in [1.82, 2.24) is 10.2 Å². The minimum Gasteiger partial charge on any atom is -0.494 e. The van der Waals surface area contributed by atoms with Gasteiger partial charge < -0.3 is 19.7 Å². The van der Waals surface area contributed by atoms with Gasteiger partial charge in [-0.2, -0.15) is 0 Å². The second-order valence-electron chi connectivity index (χ2n) is 5.66. The van der Waals surface area contributed by atoms with Crippen molar-refractivity contribution in [3.05, 3.63) is 11.3 Å². The minimum absolute atomic E-state index is 0.0867. The van der Waals surface area contributed by atoms with Crippen molar-refractivity contribution in [1.29, 1.82) is 0 Å². The first-order valence-electron chi connectivity index (χ1n) is 6.48. The van der Waals surface area contributed by atoms with Crippen molar-refractivity contribution < 1.29 is 19.1 Å². The fraction of sp³-hybridized carbons (Fsp3) is 0.692. The van der Waals surface area contributed by atoms with Crippen molar-refractivity contribution in [2.24, 2.45) is 0 Å². The van der Waals surface area contributed by atoms with Crippen LogP contribution in [0.4, 0.5) is 4.79 Å². The predicted octanol–water partition coefficient (Wildman–Crippen LogP) is 1.03. The first-order chi connectivity index (χ1) is 8.87. The highest BCUT2D eigenvalue weighted by Gasteiger charge is 2.31. The quantitative estimate of drug-likeness (QED) is 0.712. The Morgan fingerprint density at radius 1 is 1.42 bits per heavy atom. The molecule has 1 N–H and O–H groups in total. The Labute approximate surface area is 112 Å². The fourth-order valence-electron chi connectivity index (χ4n) is 2.03. The van der Waals surface area contributed by atoms with Gasteiger partial charge in [0, 0.05) is 6.54 Å². The summed E-state index contributed by atoms with van der Waals surface area (Å²) in [5, 5.41) is 2.77. The monoisotopic (exact) mass is 268 g/mol. The molecule has 2 aliphatic heterocycles. The standard InChI is InChI=1S/C13H20N2O4/c1-13(2,3)19-12(17)15-6-4-9-10(8-15)18-7-5-14-11(9)16/h4-8H2,1-3H3,(H,14,16). The molecule has 106 valence electrons. The van der Waals surface area contributed by atoms with Gasteiger partial charge in [-0.3, -0.25) is 4.79 Å². The summed E-state index contributed by atoms with van der Waals surface area (Å²) in [4.78, 5) is 25.3. The molecular weight excluding hydrogens is 248 g/mol. The van der Waals surface area contributed by atoms with Crippen LogP contribution in [0.5, 0.6) is 0 Å². The molecule has 0 unspecified atom stereocenters. The Balaban J connectivity index is 2.06. The average molecular weight is 268 g/mol. The van der Waals surface area contributed by atoms with Crippen LogP contribution in [0.15, 0.2) is 11.3 Å². The number of hydrogen-bond donors (Lipinski definition) is 1. The van der Waals surface area contributed by atoms with E-state index in [1.165, 1.54) is 0 Å². The SMILES string of the molecule is CC(C)(C)OC(=O)N1CCC2=C(C1)OCCNC2=O. The molecule has 0 aliphatic carbocycles. The normalized spacial score (nSPS) is 20.2. The van der Waals surface area contributed by atoms with Crippen LogP contribution in [-0.4, -0.2) is 48.7 Å². The summed E-state index contributed by atoms with van der Waals surface area (Å²) in [5.74, 6) is 0.503. The van der Waals surface area contributed by atoms with E-state index >= 15 is 0 Å². The zero-order chi connectivity index (χ0) is 14.0. The van der Waals surface area contributed by atoms with E-state index in [1.807, 2.05) is 20.8 Å². The predicted molar refractivity (Wildman–Crippen MR) is 68.4 cm³/mol. The number of hydrogen-bond acceptors (Lipinski definition) is 4. The smallest absolute Gasteiger partial charge is 0.410 e. The molecule has 0 bridgehead atoms. The van der Waals surface area contributed by atoms with E-state index in [4.69, 9.17) is 9.47 Å². The van der Waals surface area contributed by atoms with E-state index in [1.54, 1.807) is 4.90 Å². The molecule has 0 saturated carbocycles. The van der Waals surface area contributed by atoms with Crippen LogP contribution in [-0.2, 0) is 14.3 Å². The molecular formula is C13H20N2O4. The Kier molecular flexibility index (Phi) is 3.68. The van der Waals surface area contributed by atoms with E-state index < -0.39 is 5.60 Å². The van der Waals surface area contributed by atoms with Crippen LogP contribution in [0.2, 0.25) is 0 Å². The lowest BCUT2D eigenvalue weighted by atomic mass is 10.1. The summed E-state index contributed by atoms with van der Waals surface area (Å²) in [6.07, 6.45) is 0.132. The molecule has 2 heterocycles. The van der Waals surface area contributed by atoms with Crippen LogP contribution in [0.1, 0.15) is 27.2 Å². The summed E-state index contributed by atoms with van der Waals surface area (Å²) < 4.78 is 10.9. The second kappa shape index (κ2) is 5.11. The van der Waals surface area contributed by atoms with Crippen LogP contribution in [0, 0.1) is 0 Å². The van der Waals surface area contributed by atoms with E-state index in [0.717, 1.165) is 0 Å². The number of carbonyl (C=O) groups is 2. The average Bonchev–Trinajstić information content (AvgIpc) is 2.49. The minimum atomic E-state index is -0.520. The lowest BCUT2D eigenvalue weighted by Crippen LogP contribution is -2.42. The van der Waals surface area contributed by atoms with Crippen LogP contribution in [0.25, 0.3) is 0 Å². The van der Waals surface area contributed by atoms with Crippen molar-refractivity contribution in [3.63, 3.8) is 0 Å². The summed E-state index contributed by atoms with van der Waals surface area (Å²) in [5.41, 5.74) is 0.130. The molecule has 2 rings (SSSR count). The van der Waals surface area contributed by atoms with Crippen molar-refractivity contribution >= 4 is 12.0 Å². The molecule has 0 saturated heterocycles. The molecule has 0 aromatic rings. The highest BCUT2D eigenvalue weighted by atomic mass is 16.6. The lowest BCUT2D eigenvalue weighted by Gasteiger charge is -2.31. The van der Waals surface area contributed by atoms with Crippen molar-refractivity contribution in [2.75, 3.05) is 26.2 Å². The van der Waals surface area contributed by atoms with Gasteiger partial charge in [0.1, 0.15) is 18.0 Å². The number of nitrogens with one attached hydrogen (secondary N) is 1. The molecule has 0 fully saturated rings. The molecule has 0 aromatic heterocycles. The largest absolute Gasteiger partial charge is 0.494 e. The maximum absolute atomic E-state index is 12.0. The maximum Gasteiger partial charge on any atom is 0.410 e. The van der Waals surface area contributed by atoms with E-state index in [-0.39, 0.29) is 12.0 Å². The van der Waals surface area contributed by atoms with E-state index in [9.17, 15) is 9.59 Å². The van der Waals surface area contributed by atoms with Gasteiger partial charge in [0.15, 0.2) is 0 Å². The molecule has 0 atom stereocenters. The summed E-state index contributed by atoms with van der Waals surface area (Å²) in [7, 11) is 0. The Bertz CT molecular complexity index is 423. The zero-order valence-electron chi connectivity index (χ0n) is 11.6. The Hall–Kier alpha value is -1.72. The molecule has 0 radical (unpaired) electrons. The highest BCUT2D eigenvalue weighted by Crippen LogP contribution is 2.22. The first-order valence-corrected chi connectivity index (χ1v) is 6.48. The third-order valence-corrected chi connectivity index (χ3v) is 2.89. The third kappa shape index (κ3) is 3.39. The number of ether oxygens (including phenoxy) is 2. The number of nitrogens with zero attached hydrogens (tertiary/aromatic N) is 1. The third-order valence-electron chi connectivity index (χ3n) is 2.89. The summed E-state index contributed by atoms with van der Waals surface area (Å²) >= 11 is 0. The van der Waals surface area contributed by atoms with Gasteiger partial charge in [-0.1, -0.05) is 0 Å². The lowest BCUT2D eigenvalue weighted by molar-refractivity contribution is -0.117. The number of carbonyl (C=O) groups excluding carboxylic acids is 2. The Morgan fingerprint density at radius 3 is 2.84 bits per heavy atom. The molecule has 0 aromatic carbocycles. The molecule has 0 spiro atoms. The highest BCUT2D eigenvalue weighted by molar-refractivity contribution is 5.94.